The second kappa shape index (κ2) is 10.0. The number of hydrogen-bond donors (Lipinski definition) is 2. The summed E-state index contributed by atoms with van der Waals surface area (Å²) in [6.07, 6.45) is -0.810. The average molecular weight is 463 g/mol. The van der Waals surface area contributed by atoms with Gasteiger partial charge in [-0.1, -0.05) is 25.6 Å². The van der Waals surface area contributed by atoms with Crippen LogP contribution in [0, 0.1) is 5.92 Å². The first-order valence-corrected chi connectivity index (χ1v) is 11.0. The molecule has 10 nitrogen and oxygen atoms in total. The fourth-order valence-electron chi connectivity index (χ4n) is 2.80. The number of rotatable bonds is 9. The number of aromatic amines is 1. The smallest absolute Gasteiger partial charge is 0.338 e. The van der Waals surface area contributed by atoms with Crippen LogP contribution in [0.4, 0.5) is 0 Å². The minimum atomic E-state index is -0.810. The number of esters is 1. The molecule has 0 amide bonds. The summed E-state index contributed by atoms with van der Waals surface area (Å²) in [6, 6.07) is 6.50. The molecule has 2 heterocycles. The molecule has 0 fully saturated rings. The van der Waals surface area contributed by atoms with Gasteiger partial charge in [-0.3, -0.25) is 13.9 Å². The summed E-state index contributed by atoms with van der Waals surface area (Å²) >= 11 is 1.21. The minimum Gasteiger partial charge on any atom is -0.491 e. The largest absolute Gasteiger partial charge is 0.491 e. The van der Waals surface area contributed by atoms with Crippen molar-refractivity contribution in [2.75, 3.05) is 19.0 Å². The third-order valence-corrected chi connectivity index (χ3v) is 5.58. The van der Waals surface area contributed by atoms with Gasteiger partial charge in [0.05, 0.1) is 18.3 Å². The maximum Gasteiger partial charge on any atom is 0.338 e. The Labute approximate surface area is 188 Å². The molecule has 32 heavy (non-hydrogen) atoms. The number of carbonyl (C=O) groups excluding carboxylic acids is 1. The van der Waals surface area contributed by atoms with E-state index in [4.69, 9.17) is 9.47 Å². The SMILES string of the molecule is CC(C)COC(=O)c1ccc(OC[C@@H](O)CSc2nc3c([nH]2)c(=O)n(C)c(=O)n3C)cc1. The Hall–Kier alpha value is -3.05. The monoisotopic (exact) mass is 462 g/mol. The van der Waals surface area contributed by atoms with Crippen molar-refractivity contribution in [3.8, 4) is 5.75 Å². The molecule has 3 rings (SSSR count). The summed E-state index contributed by atoms with van der Waals surface area (Å²) in [7, 11) is 2.94. The zero-order valence-electron chi connectivity index (χ0n) is 18.3. The number of fused-ring (bicyclic) bond motifs is 1. The maximum absolute atomic E-state index is 12.2. The lowest BCUT2D eigenvalue weighted by atomic mass is 10.2. The number of imidazole rings is 1. The first kappa shape index (κ1) is 23.6. The number of nitrogens with one attached hydrogen (secondary N) is 1. The van der Waals surface area contributed by atoms with Crippen LogP contribution in [0.25, 0.3) is 11.2 Å². The number of H-pyrrole nitrogens is 1. The van der Waals surface area contributed by atoms with E-state index < -0.39 is 17.4 Å². The number of aliphatic hydroxyl groups excluding tert-OH is 1. The summed E-state index contributed by atoms with van der Waals surface area (Å²) in [5.41, 5.74) is 0.00814. The number of aromatic nitrogens is 4. The number of carbonyl (C=O) groups is 1. The van der Waals surface area contributed by atoms with E-state index in [9.17, 15) is 19.5 Å². The second-order valence-electron chi connectivity index (χ2n) is 7.74. The molecule has 3 aromatic rings. The fraction of sp³-hybridized carbons (Fsp3) is 0.429. The predicted octanol–water partition coefficient (Wildman–Crippen LogP) is 1.31. The third kappa shape index (κ3) is 5.40. The first-order valence-electron chi connectivity index (χ1n) is 10.0. The molecule has 0 saturated carbocycles. The van der Waals surface area contributed by atoms with Gasteiger partial charge >= 0.3 is 11.7 Å². The molecule has 0 spiro atoms. The van der Waals surface area contributed by atoms with Crippen LogP contribution in [0.1, 0.15) is 24.2 Å². The number of hydrogen-bond acceptors (Lipinski definition) is 8. The highest BCUT2D eigenvalue weighted by atomic mass is 32.2. The van der Waals surface area contributed by atoms with E-state index in [0.29, 0.717) is 23.1 Å². The lowest BCUT2D eigenvalue weighted by Crippen LogP contribution is -2.36. The third-order valence-electron chi connectivity index (χ3n) is 4.57. The van der Waals surface area contributed by atoms with Gasteiger partial charge in [0.2, 0.25) is 0 Å². The Morgan fingerprint density at radius 3 is 2.50 bits per heavy atom. The number of aliphatic hydroxyl groups is 1. The van der Waals surface area contributed by atoms with Crippen molar-refractivity contribution < 1.29 is 19.4 Å². The highest BCUT2D eigenvalue weighted by Gasteiger charge is 2.15. The first-order chi connectivity index (χ1) is 15.2. The molecule has 0 radical (unpaired) electrons. The highest BCUT2D eigenvalue weighted by molar-refractivity contribution is 7.99. The standard InChI is InChI=1S/C21H26N4O6S/c1-12(2)9-31-19(28)13-5-7-15(8-6-13)30-10-14(26)11-32-20-22-16-17(23-20)24(3)21(29)25(4)18(16)27/h5-8,12,14,26H,9-11H2,1-4H3,(H,22,23)/t14-/m1/s1. The predicted molar refractivity (Wildman–Crippen MR) is 120 cm³/mol. The minimum absolute atomic E-state index is 0.0324. The molecular weight excluding hydrogens is 436 g/mol. The molecule has 172 valence electrons. The van der Waals surface area contributed by atoms with Crippen LogP contribution in [0.2, 0.25) is 0 Å². The Balaban J connectivity index is 1.53. The fourth-order valence-corrected chi connectivity index (χ4v) is 3.57. The number of nitrogens with zero attached hydrogens (tertiary/aromatic N) is 3. The molecule has 0 aliphatic rings. The Morgan fingerprint density at radius 2 is 1.84 bits per heavy atom. The molecular formula is C21H26N4O6S. The van der Waals surface area contributed by atoms with E-state index in [1.54, 1.807) is 24.3 Å². The average Bonchev–Trinajstić information content (AvgIpc) is 3.22. The van der Waals surface area contributed by atoms with Gasteiger partial charge in [-0.2, -0.15) is 0 Å². The molecule has 0 aliphatic heterocycles. The van der Waals surface area contributed by atoms with E-state index >= 15 is 0 Å². The lowest BCUT2D eigenvalue weighted by Gasteiger charge is -2.12. The molecule has 0 unspecified atom stereocenters. The van der Waals surface area contributed by atoms with Crippen LogP contribution in [-0.4, -0.2) is 55.2 Å². The van der Waals surface area contributed by atoms with Gasteiger partial charge in [0, 0.05) is 19.8 Å². The van der Waals surface area contributed by atoms with Crippen LogP contribution < -0.4 is 16.0 Å². The van der Waals surface area contributed by atoms with Crippen molar-refractivity contribution in [2.24, 2.45) is 20.0 Å². The molecule has 11 heteroatoms. The van der Waals surface area contributed by atoms with Gasteiger partial charge in [0.15, 0.2) is 16.3 Å². The number of aryl methyl sites for hydroxylation is 1. The van der Waals surface area contributed by atoms with E-state index in [1.807, 2.05) is 13.8 Å². The molecule has 0 saturated heterocycles. The number of thioether (sulfide) groups is 1. The topological polar surface area (TPSA) is 128 Å². The normalized spacial score (nSPS) is 12.3. The Morgan fingerprint density at radius 1 is 1.16 bits per heavy atom. The number of benzene rings is 1. The van der Waals surface area contributed by atoms with E-state index in [2.05, 4.69) is 9.97 Å². The van der Waals surface area contributed by atoms with E-state index in [0.717, 1.165) is 4.57 Å². The van der Waals surface area contributed by atoms with Crippen molar-refractivity contribution in [3.05, 3.63) is 50.7 Å². The van der Waals surface area contributed by atoms with Gasteiger partial charge in [-0.25, -0.2) is 14.6 Å². The van der Waals surface area contributed by atoms with Gasteiger partial charge in [0.25, 0.3) is 5.56 Å². The second-order valence-corrected chi connectivity index (χ2v) is 8.75. The van der Waals surface area contributed by atoms with Crippen LogP contribution in [0.5, 0.6) is 5.75 Å². The molecule has 1 atom stereocenters. The summed E-state index contributed by atoms with van der Waals surface area (Å²) in [4.78, 5) is 43.3. The molecule has 0 aliphatic carbocycles. The van der Waals surface area contributed by atoms with Gasteiger partial charge in [-0.15, -0.1) is 0 Å². The summed E-state index contributed by atoms with van der Waals surface area (Å²) in [5.74, 6) is 0.641. The van der Waals surface area contributed by atoms with Crippen LogP contribution in [0.3, 0.4) is 0 Å². The maximum atomic E-state index is 12.2. The van der Waals surface area contributed by atoms with Crippen molar-refractivity contribution in [3.63, 3.8) is 0 Å². The van der Waals surface area contributed by atoms with Crippen molar-refractivity contribution in [1.82, 2.24) is 19.1 Å². The van der Waals surface area contributed by atoms with Crippen molar-refractivity contribution >= 4 is 28.9 Å². The highest BCUT2D eigenvalue weighted by Crippen LogP contribution is 2.19. The summed E-state index contributed by atoms with van der Waals surface area (Å²) in [6.45, 7) is 4.32. The van der Waals surface area contributed by atoms with Crippen molar-refractivity contribution in [1.29, 1.82) is 0 Å². The van der Waals surface area contributed by atoms with E-state index in [-0.39, 0.29) is 35.4 Å². The Kier molecular flexibility index (Phi) is 7.41. The van der Waals surface area contributed by atoms with Gasteiger partial charge < -0.3 is 19.6 Å². The Bertz CT molecular complexity index is 1210. The van der Waals surface area contributed by atoms with Gasteiger partial charge in [0.1, 0.15) is 12.4 Å². The molecule has 2 aromatic heterocycles. The summed E-state index contributed by atoms with van der Waals surface area (Å²) < 4.78 is 13.1. The summed E-state index contributed by atoms with van der Waals surface area (Å²) in [5, 5.41) is 10.6. The lowest BCUT2D eigenvalue weighted by molar-refractivity contribution is 0.0459. The van der Waals surface area contributed by atoms with Crippen LogP contribution in [-0.2, 0) is 18.8 Å². The van der Waals surface area contributed by atoms with E-state index in [1.165, 1.54) is 30.4 Å². The molecule has 2 N–H and O–H groups in total. The van der Waals surface area contributed by atoms with Crippen LogP contribution in [0.15, 0.2) is 39.0 Å². The quantitative estimate of drug-likeness (QED) is 0.360. The van der Waals surface area contributed by atoms with Gasteiger partial charge in [-0.05, 0) is 30.2 Å². The zero-order valence-corrected chi connectivity index (χ0v) is 19.1. The molecule has 1 aromatic carbocycles. The van der Waals surface area contributed by atoms with Crippen molar-refractivity contribution in [2.45, 2.75) is 25.1 Å². The van der Waals surface area contributed by atoms with Crippen LogP contribution >= 0.6 is 11.8 Å². The number of ether oxygens (including phenoxy) is 2. The zero-order chi connectivity index (χ0) is 23.4. The molecule has 0 bridgehead atoms.